The summed E-state index contributed by atoms with van der Waals surface area (Å²) in [5.74, 6) is 0.245. The van der Waals surface area contributed by atoms with Crippen LogP contribution in [-0.4, -0.2) is 43.0 Å². The largest absolute Gasteiger partial charge is 0.484 e. The Morgan fingerprint density at radius 2 is 2.11 bits per heavy atom. The van der Waals surface area contributed by atoms with Gasteiger partial charge in [0, 0.05) is 18.1 Å². The maximum Gasteiger partial charge on any atom is 0.261 e. The first-order chi connectivity index (χ1) is 8.65. The van der Waals surface area contributed by atoms with Gasteiger partial charge in [0.05, 0.1) is 6.54 Å². The van der Waals surface area contributed by atoms with Crippen molar-refractivity contribution in [3.63, 3.8) is 0 Å². The zero-order valence-corrected chi connectivity index (χ0v) is 10.4. The predicted octanol–water partition coefficient (Wildman–Crippen LogP) is 0.677. The van der Waals surface area contributed by atoms with Crippen LogP contribution in [0.25, 0.3) is 0 Å². The third-order valence-electron chi connectivity index (χ3n) is 2.57. The number of carbonyl (C=O) groups excluding carboxylic acids is 2. The number of nitrogens with zero attached hydrogens (tertiary/aromatic N) is 1. The minimum atomic E-state index is -0.195. The van der Waals surface area contributed by atoms with E-state index in [1.165, 1.54) is 4.90 Å². The van der Waals surface area contributed by atoms with E-state index >= 15 is 0 Å². The van der Waals surface area contributed by atoms with Crippen LogP contribution >= 0.6 is 11.6 Å². The highest BCUT2D eigenvalue weighted by molar-refractivity contribution is 6.30. The van der Waals surface area contributed by atoms with Gasteiger partial charge in [-0.3, -0.25) is 9.59 Å². The van der Waals surface area contributed by atoms with E-state index in [1.807, 2.05) is 0 Å². The first-order valence-corrected chi connectivity index (χ1v) is 5.96. The predicted molar refractivity (Wildman–Crippen MR) is 66.5 cm³/mol. The van der Waals surface area contributed by atoms with E-state index in [2.05, 4.69) is 5.32 Å². The van der Waals surface area contributed by atoms with Crippen molar-refractivity contribution in [3.8, 4) is 5.75 Å². The van der Waals surface area contributed by atoms with E-state index in [1.54, 1.807) is 24.3 Å². The molecule has 0 unspecified atom stereocenters. The van der Waals surface area contributed by atoms with E-state index < -0.39 is 0 Å². The molecule has 1 saturated heterocycles. The Balaban J connectivity index is 1.84. The summed E-state index contributed by atoms with van der Waals surface area (Å²) in [6.07, 6.45) is 0. The van der Waals surface area contributed by atoms with Crippen molar-refractivity contribution in [2.75, 3.05) is 26.2 Å². The minimum absolute atomic E-state index is 0.0745. The fourth-order valence-corrected chi connectivity index (χ4v) is 1.74. The Bertz CT molecular complexity index is 447. The molecule has 0 aliphatic carbocycles. The molecule has 1 aromatic rings. The van der Waals surface area contributed by atoms with Gasteiger partial charge in [-0.1, -0.05) is 11.6 Å². The zero-order chi connectivity index (χ0) is 13.0. The van der Waals surface area contributed by atoms with Crippen LogP contribution in [0.15, 0.2) is 24.3 Å². The molecule has 2 rings (SSSR count). The molecule has 0 saturated carbocycles. The van der Waals surface area contributed by atoms with Gasteiger partial charge in [-0.25, -0.2) is 0 Å². The molecule has 1 N–H and O–H groups in total. The van der Waals surface area contributed by atoms with E-state index in [0.717, 1.165) is 0 Å². The molecule has 0 atom stereocenters. The molecule has 1 heterocycles. The molecule has 5 nitrogen and oxygen atoms in total. The number of piperazine rings is 1. The lowest BCUT2D eigenvalue weighted by Gasteiger charge is -2.26. The van der Waals surface area contributed by atoms with Crippen LogP contribution in [-0.2, 0) is 9.59 Å². The van der Waals surface area contributed by atoms with E-state index in [4.69, 9.17) is 16.3 Å². The quantitative estimate of drug-likeness (QED) is 0.877. The Morgan fingerprint density at radius 3 is 2.78 bits per heavy atom. The summed E-state index contributed by atoms with van der Waals surface area (Å²) in [5, 5.41) is 3.27. The molecule has 0 aromatic heterocycles. The lowest BCUT2D eigenvalue weighted by molar-refractivity contribution is -0.139. The first kappa shape index (κ1) is 12.7. The fraction of sp³-hybridized carbons (Fsp3) is 0.333. The lowest BCUT2D eigenvalue weighted by Crippen LogP contribution is -2.51. The van der Waals surface area contributed by atoms with Crippen LogP contribution < -0.4 is 10.1 Å². The van der Waals surface area contributed by atoms with Gasteiger partial charge < -0.3 is 15.0 Å². The molecule has 1 fully saturated rings. The van der Waals surface area contributed by atoms with Crippen LogP contribution in [0.5, 0.6) is 5.75 Å². The Kier molecular flexibility index (Phi) is 4.04. The van der Waals surface area contributed by atoms with Gasteiger partial charge >= 0.3 is 0 Å². The maximum absolute atomic E-state index is 11.8. The van der Waals surface area contributed by atoms with Gasteiger partial charge in [0.2, 0.25) is 5.91 Å². The molecular formula is C12H13ClN2O3. The summed E-state index contributed by atoms with van der Waals surface area (Å²) in [6, 6.07) is 6.77. The van der Waals surface area contributed by atoms with E-state index in [0.29, 0.717) is 23.9 Å². The molecule has 6 heteroatoms. The second-order valence-corrected chi connectivity index (χ2v) is 4.34. The molecule has 96 valence electrons. The van der Waals surface area contributed by atoms with Crippen molar-refractivity contribution in [1.29, 1.82) is 0 Å². The number of hydrogen-bond donors (Lipinski definition) is 1. The number of halogens is 1. The third-order valence-corrected chi connectivity index (χ3v) is 2.82. The van der Waals surface area contributed by atoms with E-state index in [9.17, 15) is 9.59 Å². The van der Waals surface area contributed by atoms with Gasteiger partial charge in [-0.05, 0) is 24.3 Å². The maximum atomic E-state index is 11.8. The third kappa shape index (κ3) is 3.37. The number of hydrogen-bond acceptors (Lipinski definition) is 3. The van der Waals surface area contributed by atoms with Crippen LogP contribution in [0.1, 0.15) is 0 Å². The number of benzene rings is 1. The van der Waals surface area contributed by atoms with Crippen LogP contribution in [0, 0.1) is 0 Å². The smallest absolute Gasteiger partial charge is 0.261 e. The average Bonchev–Trinajstić information content (AvgIpc) is 2.38. The van der Waals surface area contributed by atoms with Crippen molar-refractivity contribution in [2.45, 2.75) is 0 Å². The van der Waals surface area contributed by atoms with Crippen molar-refractivity contribution in [1.82, 2.24) is 10.2 Å². The minimum Gasteiger partial charge on any atom is -0.484 e. The second-order valence-electron chi connectivity index (χ2n) is 3.91. The average molecular weight is 269 g/mol. The van der Waals surface area contributed by atoms with Gasteiger partial charge in [0.1, 0.15) is 5.75 Å². The van der Waals surface area contributed by atoms with Gasteiger partial charge in [-0.2, -0.15) is 0 Å². The molecule has 0 radical (unpaired) electrons. The summed E-state index contributed by atoms with van der Waals surface area (Å²) in [7, 11) is 0. The van der Waals surface area contributed by atoms with Gasteiger partial charge in [-0.15, -0.1) is 0 Å². The molecule has 1 aliphatic heterocycles. The van der Waals surface area contributed by atoms with Crippen molar-refractivity contribution in [2.24, 2.45) is 0 Å². The van der Waals surface area contributed by atoms with Crippen molar-refractivity contribution in [3.05, 3.63) is 29.3 Å². The number of rotatable bonds is 3. The summed E-state index contributed by atoms with van der Waals surface area (Å²) < 4.78 is 5.33. The standard InChI is InChI=1S/C12H13ClN2O3/c13-9-1-3-10(4-2-9)18-8-12(17)15-6-5-14-11(16)7-15/h1-4H,5-8H2,(H,14,16). The van der Waals surface area contributed by atoms with Gasteiger partial charge in [0.25, 0.3) is 5.91 Å². The Labute approximate surface area is 110 Å². The lowest BCUT2D eigenvalue weighted by atomic mass is 10.3. The Hall–Kier alpha value is -1.75. The molecule has 1 aliphatic rings. The highest BCUT2D eigenvalue weighted by Crippen LogP contribution is 2.15. The van der Waals surface area contributed by atoms with Crippen molar-refractivity contribution < 1.29 is 14.3 Å². The van der Waals surface area contributed by atoms with Gasteiger partial charge in [0.15, 0.2) is 6.61 Å². The summed E-state index contributed by atoms with van der Waals surface area (Å²) in [4.78, 5) is 24.4. The zero-order valence-electron chi connectivity index (χ0n) is 9.69. The summed E-state index contributed by atoms with van der Waals surface area (Å²) in [5.41, 5.74) is 0. The molecule has 0 spiro atoms. The number of amides is 2. The summed E-state index contributed by atoms with van der Waals surface area (Å²) >= 11 is 5.74. The molecule has 0 bridgehead atoms. The fourth-order valence-electron chi connectivity index (χ4n) is 1.62. The monoisotopic (exact) mass is 268 g/mol. The van der Waals surface area contributed by atoms with Crippen LogP contribution in [0.3, 0.4) is 0 Å². The second kappa shape index (κ2) is 5.73. The van der Waals surface area contributed by atoms with E-state index in [-0.39, 0.29) is 25.0 Å². The van der Waals surface area contributed by atoms with Crippen molar-refractivity contribution >= 4 is 23.4 Å². The molecule has 2 amide bonds. The molecular weight excluding hydrogens is 256 g/mol. The topological polar surface area (TPSA) is 58.6 Å². The molecule has 1 aromatic carbocycles. The highest BCUT2D eigenvalue weighted by Gasteiger charge is 2.21. The molecule has 18 heavy (non-hydrogen) atoms. The Morgan fingerprint density at radius 1 is 1.39 bits per heavy atom. The normalized spacial score (nSPS) is 15.2. The highest BCUT2D eigenvalue weighted by atomic mass is 35.5. The van der Waals surface area contributed by atoms with Crippen LogP contribution in [0.4, 0.5) is 0 Å². The number of nitrogens with one attached hydrogen (secondary N) is 1. The number of carbonyl (C=O) groups is 2. The number of ether oxygens (including phenoxy) is 1. The van der Waals surface area contributed by atoms with Crippen LogP contribution in [0.2, 0.25) is 5.02 Å². The SMILES string of the molecule is O=C1CN(C(=O)COc2ccc(Cl)cc2)CCN1. The summed E-state index contributed by atoms with van der Waals surface area (Å²) in [6.45, 7) is 1.04. The first-order valence-electron chi connectivity index (χ1n) is 5.58.